The van der Waals surface area contributed by atoms with Crippen molar-refractivity contribution in [2.24, 2.45) is 0 Å². The van der Waals surface area contributed by atoms with E-state index >= 15 is 0 Å². The van der Waals surface area contributed by atoms with E-state index in [1.807, 2.05) is 0 Å². The molecule has 1 aromatic rings. The third kappa shape index (κ3) is 3.25. The van der Waals surface area contributed by atoms with Gasteiger partial charge in [0.25, 0.3) is 0 Å². The molecule has 0 aliphatic carbocycles. The zero-order valence-corrected chi connectivity index (χ0v) is 13.0. The summed E-state index contributed by atoms with van der Waals surface area (Å²) in [6.07, 6.45) is 1.23. The number of rotatable bonds is 5. The summed E-state index contributed by atoms with van der Waals surface area (Å²) in [5.41, 5.74) is 1.63. The molecule has 0 saturated carbocycles. The predicted molar refractivity (Wildman–Crippen MR) is 79.7 cm³/mol. The molecule has 1 amide bonds. The number of hydrogen-bond donors (Lipinski definition) is 2. The summed E-state index contributed by atoms with van der Waals surface area (Å²) in [5.74, 6) is -0.0990. The van der Waals surface area contributed by atoms with Crippen LogP contribution in [0.2, 0.25) is 0 Å². The summed E-state index contributed by atoms with van der Waals surface area (Å²) in [6, 6.07) is 4.30. The normalized spacial score (nSPS) is 15.9. The fourth-order valence-corrected chi connectivity index (χ4v) is 3.72. The minimum Gasteiger partial charge on any atom is -0.395 e. The van der Waals surface area contributed by atoms with E-state index < -0.39 is 16.1 Å². The lowest BCUT2D eigenvalue weighted by atomic mass is 10.2. The lowest BCUT2D eigenvalue weighted by molar-refractivity contribution is -0.116. The minimum absolute atomic E-state index is 0.0990. The van der Waals surface area contributed by atoms with E-state index in [0.29, 0.717) is 18.7 Å². The molecular formula is C14H20N2O4S. The van der Waals surface area contributed by atoms with Crippen LogP contribution >= 0.6 is 0 Å². The van der Waals surface area contributed by atoms with Crippen molar-refractivity contribution in [3.8, 4) is 0 Å². The summed E-state index contributed by atoms with van der Waals surface area (Å²) in [7, 11) is -3.70. The van der Waals surface area contributed by atoms with Gasteiger partial charge in [0.05, 0.1) is 11.5 Å². The SMILES string of the molecule is CCC(CO)NS(=O)(=O)c1ccc2c(c1)N(C(C)=O)CC2. The second kappa shape index (κ2) is 6.13. The molecule has 6 nitrogen and oxygen atoms in total. The van der Waals surface area contributed by atoms with Crippen molar-refractivity contribution in [3.05, 3.63) is 23.8 Å². The molecule has 7 heteroatoms. The van der Waals surface area contributed by atoms with Crippen LogP contribution in [0.5, 0.6) is 0 Å². The van der Waals surface area contributed by atoms with Crippen LogP contribution in [0.4, 0.5) is 5.69 Å². The second-order valence-electron chi connectivity index (χ2n) is 5.12. The maximum Gasteiger partial charge on any atom is 0.240 e. The molecule has 0 fully saturated rings. The van der Waals surface area contributed by atoms with Crippen LogP contribution in [0.25, 0.3) is 0 Å². The molecule has 0 radical (unpaired) electrons. The predicted octanol–water partition coefficient (Wildman–Crippen LogP) is 0.645. The standard InChI is InChI=1S/C14H20N2O4S/c1-3-12(9-17)15-21(19,20)13-5-4-11-6-7-16(10(2)18)14(11)8-13/h4-5,8,12,15,17H,3,6-7,9H2,1-2H3. The zero-order valence-electron chi connectivity index (χ0n) is 12.2. The molecule has 1 aromatic carbocycles. The van der Waals surface area contributed by atoms with Crippen molar-refractivity contribution in [3.63, 3.8) is 0 Å². The molecule has 2 rings (SSSR count). The first-order valence-corrected chi connectivity index (χ1v) is 8.41. The second-order valence-corrected chi connectivity index (χ2v) is 6.83. The van der Waals surface area contributed by atoms with Crippen LogP contribution in [-0.2, 0) is 21.2 Å². The number of amides is 1. The Morgan fingerprint density at radius 3 is 2.76 bits per heavy atom. The molecule has 21 heavy (non-hydrogen) atoms. The van der Waals surface area contributed by atoms with Crippen molar-refractivity contribution < 1.29 is 18.3 Å². The molecule has 0 aromatic heterocycles. The first-order chi connectivity index (χ1) is 9.89. The van der Waals surface area contributed by atoms with Gasteiger partial charge in [0.2, 0.25) is 15.9 Å². The summed E-state index contributed by atoms with van der Waals surface area (Å²) in [6.45, 7) is 3.59. The highest BCUT2D eigenvalue weighted by Crippen LogP contribution is 2.30. The number of hydrogen-bond acceptors (Lipinski definition) is 4. The Morgan fingerprint density at radius 2 is 2.19 bits per heavy atom. The van der Waals surface area contributed by atoms with Crippen LogP contribution in [0.3, 0.4) is 0 Å². The lowest BCUT2D eigenvalue weighted by Gasteiger charge is -2.17. The summed E-state index contributed by atoms with van der Waals surface area (Å²) >= 11 is 0. The van der Waals surface area contributed by atoms with Gasteiger partial charge in [0.15, 0.2) is 0 Å². The summed E-state index contributed by atoms with van der Waals surface area (Å²) in [4.78, 5) is 13.3. The zero-order chi connectivity index (χ0) is 15.6. The van der Waals surface area contributed by atoms with Gasteiger partial charge in [-0.2, -0.15) is 0 Å². The van der Waals surface area contributed by atoms with Crippen molar-refractivity contribution in [1.29, 1.82) is 0 Å². The van der Waals surface area contributed by atoms with Gasteiger partial charge >= 0.3 is 0 Å². The minimum atomic E-state index is -3.70. The summed E-state index contributed by atoms with van der Waals surface area (Å²) < 4.78 is 27.1. The number of carbonyl (C=O) groups is 1. The van der Waals surface area contributed by atoms with Crippen LogP contribution in [0.1, 0.15) is 25.8 Å². The van der Waals surface area contributed by atoms with Crippen LogP contribution in [0, 0.1) is 0 Å². The number of anilines is 1. The monoisotopic (exact) mass is 312 g/mol. The Morgan fingerprint density at radius 1 is 1.48 bits per heavy atom. The molecule has 0 spiro atoms. The maximum atomic E-state index is 12.3. The third-order valence-corrected chi connectivity index (χ3v) is 5.20. The highest BCUT2D eigenvalue weighted by molar-refractivity contribution is 7.89. The molecule has 116 valence electrons. The molecule has 1 aliphatic heterocycles. The summed E-state index contributed by atoms with van der Waals surface area (Å²) in [5, 5.41) is 9.13. The molecule has 1 unspecified atom stereocenters. The average molecular weight is 312 g/mol. The van der Waals surface area contributed by atoms with Gasteiger partial charge < -0.3 is 10.0 Å². The van der Waals surface area contributed by atoms with E-state index in [1.54, 1.807) is 17.9 Å². The average Bonchev–Trinajstić information content (AvgIpc) is 2.87. The van der Waals surface area contributed by atoms with Gasteiger partial charge in [0.1, 0.15) is 0 Å². The van der Waals surface area contributed by atoms with Crippen molar-refractivity contribution in [2.75, 3.05) is 18.1 Å². The van der Waals surface area contributed by atoms with Gasteiger partial charge in [-0.05, 0) is 30.5 Å². The Bertz CT molecular complexity index is 638. The van der Waals surface area contributed by atoms with E-state index in [4.69, 9.17) is 5.11 Å². The largest absolute Gasteiger partial charge is 0.395 e. The van der Waals surface area contributed by atoms with E-state index in [2.05, 4.69) is 4.72 Å². The number of carbonyl (C=O) groups excluding carboxylic acids is 1. The van der Waals surface area contributed by atoms with Crippen LogP contribution in [-0.4, -0.2) is 38.6 Å². The van der Waals surface area contributed by atoms with E-state index in [1.165, 1.54) is 19.1 Å². The Kier molecular flexibility index (Phi) is 4.65. The van der Waals surface area contributed by atoms with E-state index in [0.717, 1.165) is 12.0 Å². The van der Waals surface area contributed by atoms with Gasteiger partial charge in [-0.15, -0.1) is 0 Å². The number of sulfonamides is 1. The molecule has 1 aliphatic rings. The molecular weight excluding hydrogens is 292 g/mol. The molecule has 1 atom stereocenters. The van der Waals surface area contributed by atoms with Gasteiger partial charge in [-0.3, -0.25) is 4.79 Å². The number of nitrogens with one attached hydrogen (secondary N) is 1. The lowest BCUT2D eigenvalue weighted by Crippen LogP contribution is -2.37. The van der Waals surface area contributed by atoms with Crippen molar-refractivity contribution >= 4 is 21.6 Å². The van der Waals surface area contributed by atoms with E-state index in [9.17, 15) is 13.2 Å². The van der Waals surface area contributed by atoms with Gasteiger partial charge in [-0.1, -0.05) is 13.0 Å². The quantitative estimate of drug-likeness (QED) is 0.835. The van der Waals surface area contributed by atoms with Crippen molar-refractivity contribution in [1.82, 2.24) is 4.72 Å². The Balaban J connectivity index is 2.34. The van der Waals surface area contributed by atoms with Gasteiger partial charge in [0, 0.05) is 25.2 Å². The number of nitrogens with zero attached hydrogens (tertiary/aromatic N) is 1. The highest BCUT2D eigenvalue weighted by atomic mass is 32.2. The topological polar surface area (TPSA) is 86.7 Å². The molecule has 0 bridgehead atoms. The molecule has 2 N–H and O–H groups in total. The first kappa shape index (κ1) is 15.9. The van der Waals surface area contributed by atoms with Crippen LogP contribution < -0.4 is 9.62 Å². The number of benzene rings is 1. The Labute approximate surface area is 124 Å². The maximum absolute atomic E-state index is 12.3. The fraction of sp³-hybridized carbons (Fsp3) is 0.500. The van der Waals surface area contributed by atoms with E-state index in [-0.39, 0.29) is 17.4 Å². The number of aliphatic hydroxyl groups is 1. The smallest absolute Gasteiger partial charge is 0.240 e. The number of fused-ring (bicyclic) bond motifs is 1. The number of aliphatic hydroxyl groups excluding tert-OH is 1. The molecule has 1 heterocycles. The third-order valence-electron chi connectivity index (χ3n) is 3.68. The van der Waals surface area contributed by atoms with Crippen molar-refractivity contribution in [2.45, 2.75) is 37.6 Å². The first-order valence-electron chi connectivity index (χ1n) is 6.93. The molecule has 0 saturated heterocycles. The van der Waals surface area contributed by atoms with Crippen LogP contribution in [0.15, 0.2) is 23.1 Å². The fourth-order valence-electron chi connectivity index (χ4n) is 2.39. The van der Waals surface area contributed by atoms with Gasteiger partial charge in [-0.25, -0.2) is 13.1 Å². The highest BCUT2D eigenvalue weighted by Gasteiger charge is 2.26. The Hall–Kier alpha value is -1.44.